The standard InChI is InChI=1S/C23H29FN4O.HI/c1-25-23(27(2)16-18-7-5-10-21(24)15-18)26-13-6-11-22(29)28-14-12-19-8-3-4-9-20(19)17-28;/h3-5,7-10,15H,6,11-14,16-17H2,1-2H3,(H,25,26);1H. The van der Waals surface area contributed by atoms with Gasteiger partial charge in [0, 0.05) is 46.7 Å². The molecule has 0 atom stereocenters. The Morgan fingerprint density at radius 1 is 1.20 bits per heavy atom. The van der Waals surface area contributed by atoms with E-state index in [9.17, 15) is 9.18 Å². The molecular formula is C23H30FIN4O. The van der Waals surface area contributed by atoms with E-state index in [0.717, 1.165) is 30.9 Å². The Morgan fingerprint density at radius 2 is 1.97 bits per heavy atom. The number of aliphatic imine (C=N–C) groups is 1. The van der Waals surface area contributed by atoms with Gasteiger partial charge < -0.3 is 15.1 Å². The zero-order chi connectivity index (χ0) is 20.6. The molecule has 162 valence electrons. The first kappa shape index (κ1) is 24.1. The number of guanidine groups is 1. The van der Waals surface area contributed by atoms with Gasteiger partial charge in [0.1, 0.15) is 5.82 Å². The van der Waals surface area contributed by atoms with Crippen LogP contribution >= 0.6 is 24.0 Å². The Morgan fingerprint density at radius 3 is 2.70 bits per heavy atom. The van der Waals surface area contributed by atoms with Gasteiger partial charge in [0.15, 0.2) is 5.96 Å². The van der Waals surface area contributed by atoms with Gasteiger partial charge in [-0.2, -0.15) is 0 Å². The number of benzene rings is 2. The zero-order valence-electron chi connectivity index (χ0n) is 17.6. The van der Waals surface area contributed by atoms with Gasteiger partial charge in [-0.15, -0.1) is 24.0 Å². The molecule has 1 amide bonds. The zero-order valence-corrected chi connectivity index (χ0v) is 19.9. The third-order valence-electron chi connectivity index (χ3n) is 5.22. The Bertz CT molecular complexity index is 874. The van der Waals surface area contributed by atoms with E-state index in [-0.39, 0.29) is 35.7 Å². The van der Waals surface area contributed by atoms with Crippen LogP contribution in [0.2, 0.25) is 0 Å². The van der Waals surface area contributed by atoms with Crippen LogP contribution in [0.15, 0.2) is 53.5 Å². The summed E-state index contributed by atoms with van der Waals surface area (Å²) in [5.74, 6) is 0.690. The molecule has 0 fully saturated rings. The van der Waals surface area contributed by atoms with Crippen molar-refractivity contribution in [1.29, 1.82) is 0 Å². The first-order valence-electron chi connectivity index (χ1n) is 10.1. The number of hydrogen-bond acceptors (Lipinski definition) is 2. The van der Waals surface area contributed by atoms with E-state index in [4.69, 9.17) is 0 Å². The van der Waals surface area contributed by atoms with Crippen molar-refractivity contribution in [2.45, 2.75) is 32.4 Å². The average molecular weight is 524 g/mol. The molecule has 1 N–H and O–H groups in total. The van der Waals surface area contributed by atoms with Gasteiger partial charge in [-0.1, -0.05) is 36.4 Å². The Labute approximate surface area is 195 Å². The number of carbonyl (C=O) groups excluding carboxylic acids is 1. The molecule has 30 heavy (non-hydrogen) atoms. The number of rotatable bonds is 6. The van der Waals surface area contributed by atoms with Crippen molar-refractivity contribution < 1.29 is 9.18 Å². The highest BCUT2D eigenvalue weighted by Crippen LogP contribution is 2.19. The second-order valence-corrected chi connectivity index (χ2v) is 7.40. The number of amides is 1. The summed E-state index contributed by atoms with van der Waals surface area (Å²) in [5, 5.41) is 3.29. The molecule has 7 heteroatoms. The van der Waals surface area contributed by atoms with Crippen LogP contribution < -0.4 is 5.32 Å². The highest BCUT2D eigenvalue weighted by molar-refractivity contribution is 14.0. The summed E-state index contributed by atoms with van der Waals surface area (Å²) in [6.07, 6.45) is 2.18. The van der Waals surface area contributed by atoms with Crippen LogP contribution in [0.3, 0.4) is 0 Å². The number of nitrogens with one attached hydrogen (secondary N) is 1. The Balaban J connectivity index is 0.00000320. The number of hydrogen-bond donors (Lipinski definition) is 1. The van der Waals surface area contributed by atoms with Gasteiger partial charge in [-0.3, -0.25) is 9.79 Å². The van der Waals surface area contributed by atoms with E-state index in [1.165, 1.54) is 23.3 Å². The van der Waals surface area contributed by atoms with E-state index in [2.05, 4.69) is 28.5 Å². The third kappa shape index (κ3) is 6.68. The van der Waals surface area contributed by atoms with E-state index < -0.39 is 0 Å². The van der Waals surface area contributed by atoms with E-state index in [1.807, 2.05) is 29.0 Å². The predicted molar refractivity (Wildman–Crippen MR) is 129 cm³/mol. The molecule has 1 aliphatic rings. The molecule has 0 aliphatic carbocycles. The smallest absolute Gasteiger partial charge is 0.222 e. The fourth-order valence-corrected chi connectivity index (χ4v) is 3.68. The van der Waals surface area contributed by atoms with Gasteiger partial charge in [0.05, 0.1) is 0 Å². The third-order valence-corrected chi connectivity index (χ3v) is 5.22. The molecule has 0 saturated carbocycles. The SMILES string of the molecule is CN=C(NCCCC(=O)N1CCc2ccccc2C1)N(C)Cc1cccc(F)c1.I. The number of carbonyl (C=O) groups is 1. The molecule has 0 radical (unpaired) electrons. The Hall–Kier alpha value is -2.16. The van der Waals surface area contributed by atoms with Gasteiger partial charge >= 0.3 is 0 Å². The van der Waals surface area contributed by atoms with Crippen LogP contribution in [0.25, 0.3) is 0 Å². The fraction of sp³-hybridized carbons (Fsp3) is 0.391. The quantitative estimate of drug-likeness (QED) is 0.271. The molecule has 0 aromatic heterocycles. The van der Waals surface area contributed by atoms with Crippen molar-refractivity contribution >= 4 is 35.8 Å². The summed E-state index contributed by atoms with van der Waals surface area (Å²) in [6, 6.07) is 14.9. The normalized spacial score (nSPS) is 13.3. The summed E-state index contributed by atoms with van der Waals surface area (Å²) in [5.41, 5.74) is 3.49. The minimum Gasteiger partial charge on any atom is -0.356 e. The van der Waals surface area contributed by atoms with Crippen molar-refractivity contribution in [3.8, 4) is 0 Å². The summed E-state index contributed by atoms with van der Waals surface area (Å²) in [7, 11) is 3.64. The maximum atomic E-state index is 13.4. The monoisotopic (exact) mass is 524 g/mol. The molecule has 5 nitrogen and oxygen atoms in total. The summed E-state index contributed by atoms with van der Waals surface area (Å²) < 4.78 is 13.4. The highest BCUT2D eigenvalue weighted by Gasteiger charge is 2.19. The van der Waals surface area contributed by atoms with Crippen LogP contribution in [0.4, 0.5) is 4.39 Å². The van der Waals surface area contributed by atoms with Crippen LogP contribution in [0.1, 0.15) is 29.5 Å². The molecule has 1 heterocycles. The second kappa shape index (κ2) is 11.9. The van der Waals surface area contributed by atoms with Crippen molar-refractivity contribution in [3.05, 3.63) is 71.0 Å². The molecule has 0 saturated heterocycles. The largest absolute Gasteiger partial charge is 0.356 e. The van der Waals surface area contributed by atoms with Crippen LogP contribution in [-0.2, 0) is 24.3 Å². The molecule has 0 spiro atoms. The lowest BCUT2D eigenvalue weighted by molar-refractivity contribution is -0.132. The van der Waals surface area contributed by atoms with Crippen molar-refractivity contribution in [2.24, 2.45) is 4.99 Å². The molecule has 2 aromatic carbocycles. The van der Waals surface area contributed by atoms with Gasteiger partial charge in [-0.05, 0) is 41.7 Å². The maximum Gasteiger partial charge on any atom is 0.222 e. The highest BCUT2D eigenvalue weighted by atomic mass is 127. The molecule has 2 aromatic rings. The molecule has 0 bridgehead atoms. The lowest BCUT2D eigenvalue weighted by atomic mass is 9.99. The Kier molecular flexibility index (Phi) is 9.55. The van der Waals surface area contributed by atoms with Gasteiger partial charge in [0.2, 0.25) is 5.91 Å². The fourth-order valence-electron chi connectivity index (χ4n) is 3.68. The molecule has 0 unspecified atom stereocenters. The van der Waals surface area contributed by atoms with Crippen molar-refractivity contribution in [1.82, 2.24) is 15.1 Å². The lowest BCUT2D eigenvalue weighted by Gasteiger charge is -2.29. The first-order valence-corrected chi connectivity index (χ1v) is 10.1. The van der Waals surface area contributed by atoms with E-state index >= 15 is 0 Å². The minimum absolute atomic E-state index is 0. The number of halogens is 2. The summed E-state index contributed by atoms with van der Waals surface area (Å²) in [6.45, 7) is 2.72. The first-order chi connectivity index (χ1) is 14.1. The van der Waals surface area contributed by atoms with Crippen LogP contribution in [0, 0.1) is 5.82 Å². The van der Waals surface area contributed by atoms with Crippen LogP contribution in [0.5, 0.6) is 0 Å². The maximum absolute atomic E-state index is 13.4. The number of fused-ring (bicyclic) bond motifs is 1. The molecular weight excluding hydrogens is 494 g/mol. The predicted octanol–water partition coefficient (Wildman–Crippen LogP) is 3.82. The topological polar surface area (TPSA) is 47.9 Å². The molecule has 1 aliphatic heterocycles. The van der Waals surface area contributed by atoms with E-state index in [0.29, 0.717) is 26.1 Å². The van der Waals surface area contributed by atoms with Crippen molar-refractivity contribution in [3.63, 3.8) is 0 Å². The van der Waals surface area contributed by atoms with E-state index in [1.54, 1.807) is 13.1 Å². The minimum atomic E-state index is -0.238. The van der Waals surface area contributed by atoms with Gasteiger partial charge in [-0.25, -0.2) is 4.39 Å². The van der Waals surface area contributed by atoms with Gasteiger partial charge in [0.25, 0.3) is 0 Å². The second-order valence-electron chi connectivity index (χ2n) is 7.40. The lowest BCUT2D eigenvalue weighted by Crippen LogP contribution is -2.39. The average Bonchev–Trinajstić information content (AvgIpc) is 2.73. The number of nitrogens with zero attached hydrogens (tertiary/aromatic N) is 3. The summed E-state index contributed by atoms with van der Waals surface area (Å²) in [4.78, 5) is 20.7. The van der Waals surface area contributed by atoms with Crippen molar-refractivity contribution in [2.75, 3.05) is 27.2 Å². The summed E-state index contributed by atoms with van der Waals surface area (Å²) >= 11 is 0. The molecule has 3 rings (SSSR count). The van der Waals surface area contributed by atoms with Crippen LogP contribution in [-0.4, -0.2) is 48.9 Å².